The SMILES string of the molecule is C1CSC(COCC2CCCS2)C1. The lowest BCUT2D eigenvalue weighted by molar-refractivity contribution is 0.135. The monoisotopic (exact) mass is 218 g/mol. The minimum atomic E-state index is 0.811. The zero-order valence-corrected chi connectivity index (χ0v) is 9.67. The van der Waals surface area contributed by atoms with E-state index in [4.69, 9.17) is 4.74 Å². The zero-order valence-electron chi connectivity index (χ0n) is 8.04. The van der Waals surface area contributed by atoms with Gasteiger partial charge in [0.05, 0.1) is 13.2 Å². The molecule has 0 aliphatic carbocycles. The predicted octanol–water partition coefficient (Wildman–Crippen LogP) is 2.79. The normalized spacial score (nSPS) is 34.2. The molecule has 2 atom stereocenters. The molecule has 2 unspecified atom stereocenters. The summed E-state index contributed by atoms with van der Waals surface area (Å²) in [5.41, 5.74) is 0. The Bertz CT molecular complexity index is 124. The van der Waals surface area contributed by atoms with Crippen molar-refractivity contribution < 1.29 is 4.74 Å². The summed E-state index contributed by atoms with van der Waals surface area (Å²) in [6, 6.07) is 0. The third-order valence-corrected chi connectivity index (χ3v) is 5.39. The van der Waals surface area contributed by atoms with E-state index in [1.807, 2.05) is 0 Å². The van der Waals surface area contributed by atoms with Crippen molar-refractivity contribution in [2.24, 2.45) is 0 Å². The van der Waals surface area contributed by atoms with Crippen LogP contribution in [0.25, 0.3) is 0 Å². The van der Waals surface area contributed by atoms with Crippen LogP contribution in [0.15, 0.2) is 0 Å². The maximum Gasteiger partial charge on any atom is 0.0585 e. The highest BCUT2D eigenvalue weighted by atomic mass is 32.2. The standard InChI is InChI=1S/C10H18OS2/c1-3-9(12-5-1)7-11-8-10-4-2-6-13-10/h9-10H,1-8H2. The van der Waals surface area contributed by atoms with Gasteiger partial charge in [-0.3, -0.25) is 0 Å². The molecule has 76 valence electrons. The lowest BCUT2D eigenvalue weighted by Crippen LogP contribution is -2.14. The van der Waals surface area contributed by atoms with E-state index in [1.165, 1.54) is 37.2 Å². The van der Waals surface area contributed by atoms with Crippen molar-refractivity contribution in [2.75, 3.05) is 24.7 Å². The molecule has 2 rings (SSSR count). The molecule has 0 bridgehead atoms. The molecule has 0 aromatic carbocycles. The van der Waals surface area contributed by atoms with Crippen molar-refractivity contribution in [3.05, 3.63) is 0 Å². The van der Waals surface area contributed by atoms with Gasteiger partial charge in [-0.1, -0.05) is 0 Å². The molecule has 2 heterocycles. The molecule has 0 radical (unpaired) electrons. The summed E-state index contributed by atoms with van der Waals surface area (Å²) >= 11 is 4.19. The first-order chi connectivity index (χ1) is 6.45. The fraction of sp³-hybridized carbons (Fsp3) is 1.00. The van der Waals surface area contributed by atoms with Gasteiger partial charge in [-0.2, -0.15) is 23.5 Å². The molecule has 0 aromatic heterocycles. The van der Waals surface area contributed by atoms with E-state index in [0.29, 0.717) is 0 Å². The molecule has 3 heteroatoms. The largest absolute Gasteiger partial charge is 0.379 e. The highest BCUT2D eigenvalue weighted by molar-refractivity contribution is 8.00. The molecule has 2 aliphatic rings. The summed E-state index contributed by atoms with van der Waals surface area (Å²) in [4.78, 5) is 0. The Morgan fingerprint density at radius 1 is 0.923 bits per heavy atom. The van der Waals surface area contributed by atoms with Gasteiger partial charge in [0.1, 0.15) is 0 Å². The molecule has 0 saturated carbocycles. The first kappa shape index (κ1) is 10.2. The minimum Gasteiger partial charge on any atom is -0.379 e. The van der Waals surface area contributed by atoms with Crippen LogP contribution in [0.5, 0.6) is 0 Å². The minimum absolute atomic E-state index is 0.811. The fourth-order valence-corrected chi connectivity index (χ4v) is 4.27. The smallest absolute Gasteiger partial charge is 0.0585 e. The number of hydrogen-bond donors (Lipinski definition) is 0. The van der Waals surface area contributed by atoms with Gasteiger partial charge >= 0.3 is 0 Å². The van der Waals surface area contributed by atoms with Crippen molar-refractivity contribution in [3.8, 4) is 0 Å². The maximum atomic E-state index is 5.76. The Morgan fingerprint density at radius 3 is 1.85 bits per heavy atom. The Hall–Kier alpha value is 0.660. The van der Waals surface area contributed by atoms with Crippen LogP contribution in [-0.4, -0.2) is 35.2 Å². The van der Waals surface area contributed by atoms with Crippen LogP contribution >= 0.6 is 23.5 Å². The van der Waals surface area contributed by atoms with Crippen LogP contribution in [0.4, 0.5) is 0 Å². The van der Waals surface area contributed by atoms with E-state index in [1.54, 1.807) is 0 Å². The van der Waals surface area contributed by atoms with Crippen molar-refractivity contribution in [1.29, 1.82) is 0 Å². The molecule has 0 aromatic rings. The van der Waals surface area contributed by atoms with Gasteiger partial charge in [0.2, 0.25) is 0 Å². The number of hydrogen-bond acceptors (Lipinski definition) is 3. The Morgan fingerprint density at radius 2 is 1.46 bits per heavy atom. The molecule has 13 heavy (non-hydrogen) atoms. The molecular weight excluding hydrogens is 200 g/mol. The average Bonchev–Trinajstić information content (AvgIpc) is 2.75. The summed E-state index contributed by atoms with van der Waals surface area (Å²) < 4.78 is 5.76. The second-order valence-corrected chi connectivity index (χ2v) is 6.62. The summed E-state index contributed by atoms with van der Waals surface area (Å²) in [5, 5.41) is 1.62. The molecule has 2 saturated heterocycles. The van der Waals surface area contributed by atoms with Crippen LogP contribution in [0, 0.1) is 0 Å². The Balaban J connectivity index is 1.52. The maximum absolute atomic E-state index is 5.76. The van der Waals surface area contributed by atoms with E-state index in [2.05, 4.69) is 23.5 Å². The number of thioether (sulfide) groups is 2. The van der Waals surface area contributed by atoms with Gasteiger partial charge in [-0.25, -0.2) is 0 Å². The molecular formula is C10H18OS2. The van der Waals surface area contributed by atoms with Crippen molar-refractivity contribution >= 4 is 23.5 Å². The second-order valence-electron chi connectivity index (χ2n) is 3.81. The second kappa shape index (κ2) is 5.52. The van der Waals surface area contributed by atoms with E-state index >= 15 is 0 Å². The third kappa shape index (κ3) is 3.37. The average molecular weight is 218 g/mol. The third-order valence-electron chi connectivity index (χ3n) is 2.66. The van der Waals surface area contributed by atoms with E-state index in [9.17, 15) is 0 Å². The molecule has 0 N–H and O–H groups in total. The first-order valence-corrected chi connectivity index (χ1v) is 7.36. The van der Waals surface area contributed by atoms with Crippen molar-refractivity contribution in [3.63, 3.8) is 0 Å². The summed E-state index contributed by atoms with van der Waals surface area (Å²) in [6.45, 7) is 2.00. The van der Waals surface area contributed by atoms with Crippen LogP contribution in [0.2, 0.25) is 0 Å². The van der Waals surface area contributed by atoms with Crippen molar-refractivity contribution in [2.45, 2.75) is 36.2 Å². The van der Waals surface area contributed by atoms with Crippen LogP contribution in [-0.2, 0) is 4.74 Å². The lowest BCUT2D eigenvalue weighted by Gasteiger charge is -2.12. The van der Waals surface area contributed by atoms with Crippen LogP contribution < -0.4 is 0 Å². The Kier molecular flexibility index (Phi) is 4.32. The highest BCUT2D eigenvalue weighted by Crippen LogP contribution is 2.28. The topological polar surface area (TPSA) is 9.23 Å². The van der Waals surface area contributed by atoms with Gasteiger partial charge < -0.3 is 4.74 Å². The fourth-order valence-electron chi connectivity index (χ4n) is 1.88. The summed E-state index contributed by atoms with van der Waals surface area (Å²) in [7, 11) is 0. The van der Waals surface area contributed by atoms with Crippen LogP contribution in [0.3, 0.4) is 0 Å². The highest BCUT2D eigenvalue weighted by Gasteiger charge is 2.18. The summed E-state index contributed by atoms with van der Waals surface area (Å²) in [6.07, 6.45) is 5.55. The van der Waals surface area contributed by atoms with Gasteiger partial charge in [-0.15, -0.1) is 0 Å². The molecule has 1 nitrogen and oxygen atoms in total. The molecule has 2 fully saturated rings. The predicted molar refractivity (Wildman–Crippen MR) is 61.8 cm³/mol. The molecule has 0 spiro atoms. The number of rotatable bonds is 4. The number of ether oxygens (including phenoxy) is 1. The van der Waals surface area contributed by atoms with Gasteiger partial charge in [0, 0.05) is 10.5 Å². The van der Waals surface area contributed by atoms with Gasteiger partial charge in [0.15, 0.2) is 0 Å². The van der Waals surface area contributed by atoms with Gasteiger partial charge in [-0.05, 0) is 37.2 Å². The lowest BCUT2D eigenvalue weighted by atomic mass is 10.2. The Labute approximate surface area is 89.4 Å². The van der Waals surface area contributed by atoms with E-state index in [-0.39, 0.29) is 0 Å². The van der Waals surface area contributed by atoms with Crippen LogP contribution in [0.1, 0.15) is 25.7 Å². The van der Waals surface area contributed by atoms with Crippen molar-refractivity contribution in [1.82, 2.24) is 0 Å². The summed E-state index contributed by atoms with van der Waals surface area (Å²) in [5.74, 6) is 2.71. The quantitative estimate of drug-likeness (QED) is 0.718. The molecule has 2 aliphatic heterocycles. The first-order valence-electron chi connectivity index (χ1n) is 5.26. The zero-order chi connectivity index (χ0) is 8.93. The van der Waals surface area contributed by atoms with E-state index in [0.717, 1.165) is 23.7 Å². The molecule has 0 amide bonds. The van der Waals surface area contributed by atoms with E-state index < -0.39 is 0 Å². The van der Waals surface area contributed by atoms with Gasteiger partial charge in [0.25, 0.3) is 0 Å².